The van der Waals surface area contributed by atoms with Crippen LogP contribution in [0.4, 0.5) is 0 Å². The van der Waals surface area contributed by atoms with Crippen molar-refractivity contribution in [1.29, 1.82) is 0 Å². The number of aryl methyl sites for hydroxylation is 7. The van der Waals surface area contributed by atoms with Gasteiger partial charge in [0, 0.05) is 39.9 Å². The van der Waals surface area contributed by atoms with E-state index in [1.807, 2.05) is 19.1 Å². The van der Waals surface area contributed by atoms with Crippen LogP contribution in [-0.4, -0.2) is 32.1 Å². The van der Waals surface area contributed by atoms with E-state index in [9.17, 15) is 4.79 Å². The molecule has 5 heterocycles. The maximum absolute atomic E-state index is 13.5. The first-order chi connectivity index (χ1) is 22.8. The van der Waals surface area contributed by atoms with Gasteiger partial charge >= 0.3 is 5.97 Å². The number of esters is 1. The van der Waals surface area contributed by atoms with E-state index >= 15 is 0 Å². The summed E-state index contributed by atoms with van der Waals surface area (Å²) in [6.45, 7) is 25.1. The molecule has 5 rings (SSSR count). The van der Waals surface area contributed by atoms with E-state index in [0.717, 1.165) is 95.6 Å². The SMILES string of the molecule is C=CC1=C(CC)c2nc1c(CC)c1[nH]c(cc1C(=O)OCC)c(CC)c1nc(c(CC)c3c(CC)c(CC)c(c2CC)n3CC)C=C1. The molecule has 0 spiro atoms. The topological polar surface area (TPSA) is 72.8 Å². The normalized spacial score (nSPS) is 12.7. The van der Waals surface area contributed by atoms with Crippen molar-refractivity contribution in [2.75, 3.05) is 6.61 Å². The molecule has 0 radical (unpaired) electrons. The molecule has 6 heteroatoms. The highest BCUT2D eigenvalue weighted by Gasteiger charge is 2.27. The quantitative estimate of drug-likeness (QED) is 0.167. The lowest BCUT2D eigenvalue weighted by atomic mass is 9.95. The van der Waals surface area contributed by atoms with E-state index in [2.05, 4.69) is 83.7 Å². The van der Waals surface area contributed by atoms with Crippen molar-refractivity contribution in [2.24, 2.45) is 0 Å². The number of ether oxygens (including phenoxy) is 1. The predicted molar refractivity (Wildman–Crippen MR) is 199 cm³/mol. The molecule has 3 aromatic rings. The number of carbonyl (C=O) groups is 1. The Morgan fingerprint density at radius 1 is 0.745 bits per heavy atom. The third kappa shape index (κ3) is 5.50. The summed E-state index contributed by atoms with van der Waals surface area (Å²) in [6, 6.07) is 1.96. The molecular formula is C41H52N4O2. The van der Waals surface area contributed by atoms with Crippen LogP contribution in [0.1, 0.15) is 135 Å². The Kier molecular flexibility index (Phi) is 10.4. The number of aromatic amines is 1. The molecule has 3 aromatic heterocycles. The van der Waals surface area contributed by atoms with Crippen LogP contribution in [0, 0.1) is 0 Å². The second kappa shape index (κ2) is 14.3. The molecule has 0 atom stereocenters. The monoisotopic (exact) mass is 632 g/mol. The van der Waals surface area contributed by atoms with E-state index < -0.39 is 0 Å². The minimum atomic E-state index is -0.335. The maximum Gasteiger partial charge on any atom is 0.340 e. The number of nitrogens with zero attached hydrogens (tertiary/aromatic N) is 3. The summed E-state index contributed by atoms with van der Waals surface area (Å²) < 4.78 is 8.17. The number of hydrogen-bond acceptors (Lipinski definition) is 4. The summed E-state index contributed by atoms with van der Waals surface area (Å²) in [5.41, 5.74) is 18.4. The van der Waals surface area contributed by atoms with Crippen molar-refractivity contribution in [2.45, 2.75) is 114 Å². The van der Waals surface area contributed by atoms with Crippen LogP contribution in [0.15, 0.2) is 18.7 Å². The van der Waals surface area contributed by atoms with Gasteiger partial charge in [-0.05, 0) is 93.7 Å². The Hall–Kier alpha value is -4.19. The van der Waals surface area contributed by atoms with Gasteiger partial charge in [-0.25, -0.2) is 14.8 Å². The van der Waals surface area contributed by atoms with Gasteiger partial charge in [-0.1, -0.05) is 61.1 Å². The first-order valence-electron chi connectivity index (χ1n) is 17.9. The fourth-order valence-electron chi connectivity index (χ4n) is 7.87. The van der Waals surface area contributed by atoms with Crippen LogP contribution >= 0.6 is 0 Å². The fourth-order valence-corrected chi connectivity index (χ4v) is 7.87. The van der Waals surface area contributed by atoms with Crippen molar-refractivity contribution in [3.8, 4) is 0 Å². The van der Waals surface area contributed by atoms with E-state index in [1.165, 1.54) is 38.9 Å². The number of hydrogen-bond donors (Lipinski definition) is 1. The van der Waals surface area contributed by atoms with Gasteiger partial charge < -0.3 is 14.3 Å². The molecular weight excluding hydrogens is 580 g/mol. The molecule has 8 bridgehead atoms. The molecule has 248 valence electrons. The smallest absolute Gasteiger partial charge is 0.340 e. The van der Waals surface area contributed by atoms with Crippen LogP contribution < -0.4 is 0 Å². The van der Waals surface area contributed by atoms with E-state index in [4.69, 9.17) is 14.7 Å². The molecule has 0 aromatic carbocycles. The molecule has 0 fully saturated rings. The first-order valence-corrected chi connectivity index (χ1v) is 17.9. The van der Waals surface area contributed by atoms with E-state index in [-0.39, 0.29) is 5.97 Å². The summed E-state index contributed by atoms with van der Waals surface area (Å²) in [6.07, 6.45) is 12.1. The predicted octanol–water partition coefficient (Wildman–Crippen LogP) is 10.0. The summed E-state index contributed by atoms with van der Waals surface area (Å²) in [7, 11) is 0. The van der Waals surface area contributed by atoms with Crippen LogP contribution in [0.2, 0.25) is 0 Å². The van der Waals surface area contributed by atoms with Gasteiger partial charge in [-0.2, -0.15) is 0 Å². The lowest BCUT2D eigenvalue weighted by molar-refractivity contribution is 0.0529. The largest absolute Gasteiger partial charge is 0.462 e. The first kappa shape index (κ1) is 34.2. The Bertz CT molecular complexity index is 1970. The zero-order valence-electron chi connectivity index (χ0n) is 30.0. The second-order valence-electron chi connectivity index (χ2n) is 12.1. The molecule has 0 saturated carbocycles. The van der Waals surface area contributed by atoms with Gasteiger partial charge in [0.15, 0.2) is 0 Å². The molecule has 0 amide bonds. The standard InChI is InChI=1S/C41H52N4O2/c1-11-24-25(12-2)37-31(18-8)40-27(14-4)26(13-3)39(45(40)19-9)29(16-6)34-22-21-33(42-34)28(15-5)35-23-32(41(46)47-20-10)38(43-35)30(17-7)36(24)44-37/h11,21-23,43H,1,12-20H2,2-10H3. The average molecular weight is 633 g/mol. The summed E-state index contributed by atoms with van der Waals surface area (Å²) >= 11 is 0. The van der Waals surface area contributed by atoms with Crippen molar-refractivity contribution >= 4 is 51.3 Å². The Balaban J connectivity index is 2.22. The third-order valence-corrected chi connectivity index (χ3v) is 9.90. The second-order valence-corrected chi connectivity index (χ2v) is 12.1. The molecule has 0 unspecified atom stereocenters. The van der Waals surface area contributed by atoms with Crippen molar-refractivity contribution in [1.82, 2.24) is 19.5 Å². The van der Waals surface area contributed by atoms with Gasteiger partial charge in [0.2, 0.25) is 0 Å². The van der Waals surface area contributed by atoms with Crippen molar-refractivity contribution in [3.05, 3.63) is 80.4 Å². The number of fused-ring (bicyclic) bond motifs is 8. The Morgan fingerprint density at radius 2 is 1.32 bits per heavy atom. The lowest BCUT2D eigenvalue weighted by Gasteiger charge is -2.12. The van der Waals surface area contributed by atoms with Crippen LogP contribution in [0.25, 0.3) is 45.4 Å². The van der Waals surface area contributed by atoms with Gasteiger partial charge in [0.25, 0.3) is 0 Å². The van der Waals surface area contributed by atoms with Gasteiger partial charge in [-0.15, -0.1) is 0 Å². The number of allylic oxidation sites excluding steroid dienone is 3. The molecule has 2 aliphatic rings. The van der Waals surface area contributed by atoms with Gasteiger partial charge in [0.1, 0.15) is 0 Å². The summed E-state index contributed by atoms with van der Waals surface area (Å²) in [4.78, 5) is 28.1. The minimum Gasteiger partial charge on any atom is -0.462 e. The van der Waals surface area contributed by atoms with E-state index in [0.29, 0.717) is 18.6 Å². The zero-order chi connectivity index (χ0) is 34.0. The molecule has 47 heavy (non-hydrogen) atoms. The highest BCUT2D eigenvalue weighted by Crippen LogP contribution is 2.41. The number of H-pyrrole nitrogens is 1. The van der Waals surface area contributed by atoms with Crippen LogP contribution in [0.3, 0.4) is 0 Å². The minimum absolute atomic E-state index is 0.303. The lowest BCUT2D eigenvalue weighted by Crippen LogP contribution is -2.05. The molecule has 0 aliphatic carbocycles. The highest BCUT2D eigenvalue weighted by atomic mass is 16.5. The summed E-state index contributed by atoms with van der Waals surface area (Å²) in [5.74, 6) is -0.335. The van der Waals surface area contributed by atoms with Crippen LogP contribution in [0.5, 0.6) is 0 Å². The Labute approximate surface area is 280 Å². The third-order valence-electron chi connectivity index (χ3n) is 9.90. The van der Waals surface area contributed by atoms with Gasteiger partial charge in [-0.3, -0.25) is 0 Å². The maximum atomic E-state index is 13.5. The number of rotatable bonds is 11. The number of nitrogens with one attached hydrogen (secondary N) is 1. The highest BCUT2D eigenvalue weighted by molar-refractivity contribution is 6.04. The Morgan fingerprint density at radius 3 is 1.83 bits per heavy atom. The molecule has 6 nitrogen and oxygen atoms in total. The number of aromatic nitrogens is 4. The fraction of sp³-hybridized carbons (Fsp3) is 0.439. The molecule has 1 N–H and O–H groups in total. The van der Waals surface area contributed by atoms with E-state index in [1.54, 1.807) is 0 Å². The number of carbonyl (C=O) groups excluding carboxylic acids is 1. The van der Waals surface area contributed by atoms with Gasteiger partial charge in [0.05, 0.1) is 51.5 Å². The molecule has 2 aliphatic heterocycles. The van der Waals surface area contributed by atoms with Crippen LogP contribution in [-0.2, 0) is 49.8 Å². The van der Waals surface area contributed by atoms with Crippen molar-refractivity contribution in [3.63, 3.8) is 0 Å². The molecule has 0 saturated heterocycles. The summed E-state index contributed by atoms with van der Waals surface area (Å²) in [5, 5.41) is 0. The van der Waals surface area contributed by atoms with Crippen molar-refractivity contribution < 1.29 is 9.53 Å². The average Bonchev–Trinajstić information content (AvgIpc) is 3.87. The zero-order valence-corrected chi connectivity index (χ0v) is 30.0.